The number of aromatic nitrogens is 2. The Morgan fingerprint density at radius 1 is 1.31 bits per heavy atom. The second-order valence-corrected chi connectivity index (χ2v) is 4.13. The van der Waals surface area contributed by atoms with Crippen LogP contribution in [0.4, 0.5) is 0 Å². The third-order valence-corrected chi connectivity index (χ3v) is 3.06. The van der Waals surface area contributed by atoms with Crippen LogP contribution in [0.5, 0.6) is 0 Å². The first kappa shape index (κ1) is 9.39. The topological polar surface area (TPSA) is 49.0 Å². The van der Waals surface area contributed by atoms with Gasteiger partial charge in [0.1, 0.15) is 0 Å². The van der Waals surface area contributed by atoms with Crippen LogP contribution in [-0.2, 0) is 0 Å². The van der Waals surface area contributed by atoms with Gasteiger partial charge >= 0.3 is 0 Å². The molecule has 0 radical (unpaired) electrons. The summed E-state index contributed by atoms with van der Waals surface area (Å²) in [6.07, 6.45) is 3.89. The van der Waals surface area contributed by atoms with Crippen molar-refractivity contribution in [2.75, 3.05) is 13.1 Å². The molecule has 2 heterocycles. The van der Waals surface area contributed by atoms with Gasteiger partial charge in [-0.15, -0.1) is 0 Å². The highest BCUT2D eigenvalue weighted by Crippen LogP contribution is 2.16. The van der Waals surface area contributed by atoms with E-state index in [2.05, 4.69) is 9.97 Å². The van der Waals surface area contributed by atoms with E-state index < -0.39 is 0 Å². The Labute approximate surface area is 93.3 Å². The molecule has 1 N–H and O–H groups in total. The van der Waals surface area contributed by atoms with Gasteiger partial charge in [-0.1, -0.05) is 0 Å². The number of carbonyl (C=O) groups is 1. The molecule has 1 aromatic heterocycles. The van der Waals surface area contributed by atoms with Crippen molar-refractivity contribution >= 4 is 16.9 Å². The summed E-state index contributed by atoms with van der Waals surface area (Å²) in [4.78, 5) is 21.2. The summed E-state index contributed by atoms with van der Waals surface area (Å²) in [7, 11) is 0. The number of nitrogens with zero attached hydrogens (tertiary/aromatic N) is 2. The van der Waals surface area contributed by atoms with Crippen LogP contribution in [0.2, 0.25) is 0 Å². The van der Waals surface area contributed by atoms with Crippen LogP contribution in [0.3, 0.4) is 0 Å². The Hall–Kier alpha value is -1.84. The molecule has 16 heavy (non-hydrogen) atoms. The van der Waals surface area contributed by atoms with Crippen molar-refractivity contribution in [1.29, 1.82) is 0 Å². The van der Waals surface area contributed by atoms with Crippen molar-refractivity contribution in [3.8, 4) is 0 Å². The molecule has 0 unspecified atom stereocenters. The average Bonchev–Trinajstić information content (AvgIpc) is 2.98. The van der Waals surface area contributed by atoms with Crippen molar-refractivity contribution in [3.63, 3.8) is 0 Å². The molecule has 4 nitrogen and oxygen atoms in total. The summed E-state index contributed by atoms with van der Waals surface area (Å²) in [6.45, 7) is 1.78. The Balaban J connectivity index is 1.95. The highest BCUT2D eigenvalue weighted by molar-refractivity contribution is 5.97. The van der Waals surface area contributed by atoms with Crippen molar-refractivity contribution < 1.29 is 4.79 Å². The molecule has 4 heteroatoms. The molecular formula is C12H13N3O. The summed E-state index contributed by atoms with van der Waals surface area (Å²) in [6, 6.07) is 5.61. The van der Waals surface area contributed by atoms with Crippen LogP contribution in [-0.4, -0.2) is 33.9 Å². The Bertz CT molecular complexity index is 526. The Morgan fingerprint density at radius 3 is 2.94 bits per heavy atom. The highest BCUT2D eigenvalue weighted by atomic mass is 16.2. The molecule has 1 aliphatic rings. The highest BCUT2D eigenvalue weighted by Gasteiger charge is 2.19. The fraction of sp³-hybridized carbons (Fsp3) is 0.333. The molecule has 0 atom stereocenters. The van der Waals surface area contributed by atoms with Gasteiger partial charge < -0.3 is 9.88 Å². The molecule has 1 aromatic carbocycles. The van der Waals surface area contributed by atoms with E-state index in [-0.39, 0.29) is 5.91 Å². The predicted octanol–water partition coefficient (Wildman–Crippen LogP) is 1.80. The maximum atomic E-state index is 12.1. The number of aromatic amines is 1. The first-order valence-electron chi connectivity index (χ1n) is 5.57. The lowest BCUT2D eigenvalue weighted by Crippen LogP contribution is -2.27. The minimum Gasteiger partial charge on any atom is -0.345 e. The number of hydrogen-bond donors (Lipinski definition) is 1. The maximum absolute atomic E-state index is 12.1. The molecular weight excluding hydrogens is 202 g/mol. The first-order valence-corrected chi connectivity index (χ1v) is 5.57. The Kier molecular flexibility index (Phi) is 2.13. The molecule has 0 spiro atoms. The molecule has 1 fully saturated rings. The van der Waals surface area contributed by atoms with Crippen LogP contribution in [0.1, 0.15) is 23.2 Å². The average molecular weight is 215 g/mol. The fourth-order valence-electron chi connectivity index (χ4n) is 2.17. The second kappa shape index (κ2) is 3.63. The molecule has 3 rings (SSSR count). The standard InChI is InChI=1S/C12H13N3O/c16-12(15-5-1-2-6-15)9-3-4-10-11(7-9)14-8-13-10/h3-4,7-8H,1-2,5-6H2,(H,13,14). The van der Waals surface area contributed by atoms with Crippen molar-refractivity contribution in [3.05, 3.63) is 30.1 Å². The normalized spacial score (nSPS) is 15.9. The number of hydrogen-bond acceptors (Lipinski definition) is 2. The molecule has 2 aromatic rings. The number of likely N-dealkylation sites (tertiary alicyclic amines) is 1. The molecule has 0 bridgehead atoms. The lowest BCUT2D eigenvalue weighted by molar-refractivity contribution is 0.0793. The number of amides is 1. The lowest BCUT2D eigenvalue weighted by Gasteiger charge is -2.14. The van der Waals surface area contributed by atoms with Gasteiger partial charge in [0.2, 0.25) is 0 Å². The van der Waals surface area contributed by atoms with Gasteiger partial charge in [0.25, 0.3) is 5.91 Å². The molecule has 0 aliphatic carbocycles. The number of H-pyrrole nitrogens is 1. The number of nitrogens with one attached hydrogen (secondary N) is 1. The first-order chi connectivity index (χ1) is 7.84. The zero-order valence-electron chi connectivity index (χ0n) is 8.94. The summed E-state index contributed by atoms with van der Waals surface area (Å²) in [5.41, 5.74) is 2.57. The molecule has 1 saturated heterocycles. The summed E-state index contributed by atoms with van der Waals surface area (Å²) in [5, 5.41) is 0. The monoisotopic (exact) mass is 215 g/mol. The summed E-state index contributed by atoms with van der Waals surface area (Å²) >= 11 is 0. The largest absolute Gasteiger partial charge is 0.345 e. The number of benzene rings is 1. The predicted molar refractivity (Wildman–Crippen MR) is 61.2 cm³/mol. The molecule has 82 valence electrons. The quantitative estimate of drug-likeness (QED) is 0.788. The number of imidazole rings is 1. The van der Waals surface area contributed by atoms with Crippen LogP contribution >= 0.6 is 0 Å². The lowest BCUT2D eigenvalue weighted by atomic mass is 10.2. The van der Waals surface area contributed by atoms with Gasteiger partial charge in [0.15, 0.2) is 0 Å². The van der Waals surface area contributed by atoms with Crippen LogP contribution < -0.4 is 0 Å². The van der Waals surface area contributed by atoms with Crippen LogP contribution in [0.25, 0.3) is 11.0 Å². The van der Waals surface area contributed by atoms with E-state index in [4.69, 9.17) is 0 Å². The van der Waals surface area contributed by atoms with Crippen LogP contribution in [0, 0.1) is 0 Å². The molecule has 1 amide bonds. The van der Waals surface area contributed by atoms with Gasteiger partial charge in [-0.3, -0.25) is 4.79 Å². The van der Waals surface area contributed by atoms with Gasteiger partial charge in [0.05, 0.1) is 17.4 Å². The number of rotatable bonds is 1. The van der Waals surface area contributed by atoms with Crippen LogP contribution in [0.15, 0.2) is 24.5 Å². The SMILES string of the molecule is O=C(c1ccc2nc[nH]c2c1)N1CCCC1. The van der Waals surface area contributed by atoms with E-state index >= 15 is 0 Å². The zero-order chi connectivity index (χ0) is 11.0. The minimum absolute atomic E-state index is 0.133. The minimum atomic E-state index is 0.133. The summed E-state index contributed by atoms with van der Waals surface area (Å²) in [5.74, 6) is 0.133. The number of fused-ring (bicyclic) bond motifs is 1. The second-order valence-electron chi connectivity index (χ2n) is 4.13. The van der Waals surface area contributed by atoms with Gasteiger partial charge in [-0.2, -0.15) is 0 Å². The van der Waals surface area contributed by atoms with Gasteiger partial charge in [-0.25, -0.2) is 4.98 Å². The third-order valence-electron chi connectivity index (χ3n) is 3.06. The molecule has 1 aliphatic heterocycles. The van der Waals surface area contributed by atoms with E-state index in [1.807, 2.05) is 23.1 Å². The smallest absolute Gasteiger partial charge is 0.253 e. The van der Waals surface area contributed by atoms with E-state index in [0.29, 0.717) is 0 Å². The maximum Gasteiger partial charge on any atom is 0.253 e. The fourth-order valence-corrected chi connectivity index (χ4v) is 2.17. The van der Waals surface area contributed by atoms with E-state index in [1.54, 1.807) is 6.33 Å². The zero-order valence-corrected chi connectivity index (χ0v) is 8.94. The van der Waals surface area contributed by atoms with Crippen molar-refractivity contribution in [1.82, 2.24) is 14.9 Å². The number of carbonyl (C=O) groups excluding carboxylic acids is 1. The van der Waals surface area contributed by atoms with E-state index in [0.717, 1.165) is 42.5 Å². The third kappa shape index (κ3) is 1.46. The van der Waals surface area contributed by atoms with E-state index in [1.165, 1.54) is 0 Å². The van der Waals surface area contributed by atoms with Crippen molar-refractivity contribution in [2.24, 2.45) is 0 Å². The summed E-state index contributed by atoms with van der Waals surface area (Å²) < 4.78 is 0. The van der Waals surface area contributed by atoms with Gasteiger partial charge in [0, 0.05) is 18.7 Å². The van der Waals surface area contributed by atoms with Crippen molar-refractivity contribution in [2.45, 2.75) is 12.8 Å². The molecule has 0 saturated carbocycles. The van der Waals surface area contributed by atoms with E-state index in [9.17, 15) is 4.79 Å². The van der Waals surface area contributed by atoms with Gasteiger partial charge in [-0.05, 0) is 31.0 Å². The Morgan fingerprint density at radius 2 is 2.12 bits per heavy atom.